The molecule has 76 valence electrons. The number of quaternary nitrogens is 1. The van der Waals surface area contributed by atoms with Gasteiger partial charge in [-0.15, -0.1) is 0 Å². The van der Waals surface area contributed by atoms with Crippen molar-refractivity contribution in [2.45, 2.75) is 47.0 Å². The van der Waals surface area contributed by atoms with Gasteiger partial charge in [-0.2, -0.15) is 0 Å². The normalized spacial score (nSPS) is 10.5. The van der Waals surface area contributed by atoms with E-state index in [1.54, 1.807) is 0 Å². The molecule has 0 aliphatic rings. The SMILES string of the molecule is CC.CCCC[N+](C)(C)CCC. The van der Waals surface area contributed by atoms with Crippen molar-refractivity contribution in [1.82, 2.24) is 0 Å². The van der Waals surface area contributed by atoms with Gasteiger partial charge >= 0.3 is 0 Å². The van der Waals surface area contributed by atoms with Crippen molar-refractivity contribution in [3.05, 3.63) is 0 Å². The molecule has 0 heterocycles. The van der Waals surface area contributed by atoms with Gasteiger partial charge in [-0.25, -0.2) is 0 Å². The molecule has 0 radical (unpaired) electrons. The van der Waals surface area contributed by atoms with Crippen molar-refractivity contribution >= 4 is 0 Å². The summed E-state index contributed by atoms with van der Waals surface area (Å²) in [5, 5.41) is 0. The highest BCUT2D eigenvalue weighted by molar-refractivity contribution is 4.34. The van der Waals surface area contributed by atoms with Crippen LogP contribution in [0.1, 0.15) is 47.0 Å². The minimum absolute atomic E-state index is 1.20. The summed E-state index contributed by atoms with van der Waals surface area (Å²) < 4.78 is 1.20. The van der Waals surface area contributed by atoms with Crippen LogP contribution >= 0.6 is 0 Å². The second-order valence-corrected chi connectivity index (χ2v) is 3.74. The lowest BCUT2D eigenvalue weighted by molar-refractivity contribution is -0.890. The molecule has 0 amide bonds. The van der Waals surface area contributed by atoms with Gasteiger partial charge in [-0.1, -0.05) is 34.1 Å². The van der Waals surface area contributed by atoms with Gasteiger partial charge in [0.15, 0.2) is 0 Å². The van der Waals surface area contributed by atoms with Gasteiger partial charge in [0.1, 0.15) is 0 Å². The third kappa shape index (κ3) is 9.96. The maximum absolute atomic E-state index is 2.32. The molecule has 0 unspecified atom stereocenters. The first-order valence-corrected chi connectivity index (χ1v) is 5.44. The van der Waals surface area contributed by atoms with Crippen LogP contribution in [0.2, 0.25) is 0 Å². The fourth-order valence-electron chi connectivity index (χ4n) is 1.30. The van der Waals surface area contributed by atoms with Crippen molar-refractivity contribution in [3.8, 4) is 0 Å². The van der Waals surface area contributed by atoms with Gasteiger partial charge in [0, 0.05) is 0 Å². The van der Waals surface area contributed by atoms with Gasteiger partial charge in [0.25, 0.3) is 0 Å². The van der Waals surface area contributed by atoms with Gasteiger partial charge in [0.05, 0.1) is 27.2 Å². The van der Waals surface area contributed by atoms with Crippen molar-refractivity contribution in [1.29, 1.82) is 0 Å². The predicted octanol–water partition coefficient (Wildman–Crippen LogP) is 3.30. The maximum atomic E-state index is 2.32. The molecule has 0 spiro atoms. The molecule has 0 N–H and O–H groups in total. The van der Waals surface area contributed by atoms with E-state index >= 15 is 0 Å². The number of nitrogens with zero attached hydrogens (tertiary/aromatic N) is 1. The van der Waals surface area contributed by atoms with Crippen LogP contribution in [0.25, 0.3) is 0 Å². The first kappa shape index (κ1) is 14.5. The molecule has 1 nitrogen and oxygen atoms in total. The average molecular weight is 174 g/mol. The van der Waals surface area contributed by atoms with Crippen LogP contribution in [0.3, 0.4) is 0 Å². The first-order chi connectivity index (χ1) is 5.62. The van der Waals surface area contributed by atoms with Crippen LogP contribution in [-0.4, -0.2) is 31.7 Å². The molecular weight excluding hydrogens is 146 g/mol. The van der Waals surface area contributed by atoms with E-state index in [2.05, 4.69) is 27.9 Å². The molecule has 0 aromatic heterocycles. The van der Waals surface area contributed by atoms with E-state index < -0.39 is 0 Å². The van der Waals surface area contributed by atoms with E-state index in [-0.39, 0.29) is 0 Å². The molecule has 0 saturated carbocycles. The predicted molar refractivity (Wildman–Crippen MR) is 58.4 cm³/mol. The molecule has 0 aliphatic carbocycles. The molecule has 0 bridgehead atoms. The van der Waals surface area contributed by atoms with E-state index in [9.17, 15) is 0 Å². The molecule has 0 saturated heterocycles. The summed E-state index contributed by atoms with van der Waals surface area (Å²) in [5.74, 6) is 0. The number of hydrogen-bond acceptors (Lipinski definition) is 0. The van der Waals surface area contributed by atoms with Gasteiger partial charge in [0.2, 0.25) is 0 Å². The van der Waals surface area contributed by atoms with Crippen LogP contribution in [0, 0.1) is 0 Å². The minimum Gasteiger partial charge on any atom is -0.328 e. The molecule has 0 aliphatic heterocycles. The van der Waals surface area contributed by atoms with E-state index in [0.29, 0.717) is 0 Å². The molecule has 0 aromatic rings. The fourth-order valence-corrected chi connectivity index (χ4v) is 1.30. The monoisotopic (exact) mass is 174 g/mol. The van der Waals surface area contributed by atoms with Gasteiger partial charge in [-0.3, -0.25) is 0 Å². The summed E-state index contributed by atoms with van der Waals surface area (Å²) in [5.41, 5.74) is 0. The van der Waals surface area contributed by atoms with Crippen LogP contribution < -0.4 is 0 Å². The number of unbranched alkanes of at least 4 members (excludes halogenated alkanes) is 1. The lowest BCUT2D eigenvalue weighted by Crippen LogP contribution is -2.40. The quantitative estimate of drug-likeness (QED) is 0.561. The molecule has 1 heteroatoms. The fraction of sp³-hybridized carbons (Fsp3) is 1.00. The van der Waals surface area contributed by atoms with E-state index in [1.807, 2.05) is 13.8 Å². The Bertz CT molecular complexity index is 77.1. The summed E-state index contributed by atoms with van der Waals surface area (Å²) in [6, 6.07) is 0. The average Bonchev–Trinajstić information content (AvgIpc) is 2.05. The highest BCUT2D eigenvalue weighted by atomic mass is 15.3. The van der Waals surface area contributed by atoms with E-state index in [0.717, 1.165) is 0 Å². The highest BCUT2D eigenvalue weighted by Crippen LogP contribution is 2.02. The van der Waals surface area contributed by atoms with Crippen LogP contribution in [0.4, 0.5) is 0 Å². The largest absolute Gasteiger partial charge is 0.328 e. The summed E-state index contributed by atoms with van der Waals surface area (Å²) in [4.78, 5) is 0. The van der Waals surface area contributed by atoms with Gasteiger partial charge in [-0.05, 0) is 12.8 Å². The first-order valence-electron chi connectivity index (χ1n) is 5.44. The Balaban J connectivity index is 0. The summed E-state index contributed by atoms with van der Waals surface area (Å²) in [6.45, 7) is 11.2. The zero-order valence-electron chi connectivity index (χ0n) is 9.98. The van der Waals surface area contributed by atoms with Crippen molar-refractivity contribution < 1.29 is 4.48 Å². The Morgan fingerprint density at radius 2 is 1.33 bits per heavy atom. The van der Waals surface area contributed by atoms with Crippen molar-refractivity contribution in [2.75, 3.05) is 27.2 Å². The minimum atomic E-state index is 1.20. The topological polar surface area (TPSA) is 0 Å². The number of rotatable bonds is 5. The standard InChI is InChI=1S/C9H22N.C2H6/c1-5-7-9-10(3,4)8-6-2;1-2/h5-9H2,1-4H3;1-2H3/q+1;. The molecular formula is C11H28N+. The third-order valence-electron chi connectivity index (χ3n) is 1.95. The Kier molecular flexibility index (Phi) is 10.9. The zero-order valence-corrected chi connectivity index (χ0v) is 9.98. The molecule has 0 aromatic carbocycles. The Morgan fingerprint density at radius 1 is 0.833 bits per heavy atom. The highest BCUT2D eigenvalue weighted by Gasteiger charge is 2.10. The van der Waals surface area contributed by atoms with Crippen molar-refractivity contribution in [3.63, 3.8) is 0 Å². The van der Waals surface area contributed by atoms with E-state index in [4.69, 9.17) is 0 Å². The van der Waals surface area contributed by atoms with E-state index in [1.165, 1.54) is 36.8 Å². The molecule has 0 fully saturated rings. The second kappa shape index (κ2) is 9.05. The smallest absolute Gasteiger partial charge is 0.0782 e. The summed E-state index contributed by atoms with van der Waals surface area (Å²) in [6.07, 6.45) is 4.00. The zero-order chi connectivity index (χ0) is 10.0. The van der Waals surface area contributed by atoms with Gasteiger partial charge < -0.3 is 4.48 Å². The van der Waals surface area contributed by atoms with Crippen molar-refractivity contribution in [2.24, 2.45) is 0 Å². The molecule has 0 atom stereocenters. The Labute approximate surface area is 79.4 Å². The lowest BCUT2D eigenvalue weighted by Gasteiger charge is -2.29. The molecule has 0 rings (SSSR count). The number of hydrogen-bond donors (Lipinski definition) is 0. The third-order valence-corrected chi connectivity index (χ3v) is 1.95. The Hall–Kier alpha value is -0.0400. The molecule has 12 heavy (non-hydrogen) atoms. The summed E-state index contributed by atoms with van der Waals surface area (Å²) in [7, 11) is 4.64. The lowest BCUT2D eigenvalue weighted by atomic mass is 10.3. The second-order valence-electron chi connectivity index (χ2n) is 3.74. The van der Waals surface area contributed by atoms with Crippen LogP contribution in [0.5, 0.6) is 0 Å². The maximum Gasteiger partial charge on any atom is 0.0782 e. The van der Waals surface area contributed by atoms with Crippen LogP contribution in [0.15, 0.2) is 0 Å². The summed E-state index contributed by atoms with van der Waals surface area (Å²) >= 11 is 0. The van der Waals surface area contributed by atoms with Crippen LogP contribution in [-0.2, 0) is 0 Å². The Morgan fingerprint density at radius 3 is 1.67 bits per heavy atom.